The number of sulfonamides is 1. The lowest BCUT2D eigenvalue weighted by Crippen LogP contribution is -2.40. The highest BCUT2D eigenvalue weighted by atomic mass is 32.2. The van der Waals surface area contributed by atoms with Crippen LogP contribution in [0.3, 0.4) is 0 Å². The molecule has 1 fully saturated rings. The zero-order chi connectivity index (χ0) is 23.4. The first-order valence-electron chi connectivity index (χ1n) is 10.8. The van der Waals surface area contributed by atoms with Crippen molar-refractivity contribution in [3.05, 3.63) is 71.8 Å². The van der Waals surface area contributed by atoms with Gasteiger partial charge in [0.15, 0.2) is 11.0 Å². The number of morpholine rings is 1. The Balaban J connectivity index is 1.62. The number of hydrogen-bond donors (Lipinski definition) is 0. The van der Waals surface area contributed by atoms with E-state index in [4.69, 9.17) is 4.74 Å². The molecule has 0 atom stereocenters. The van der Waals surface area contributed by atoms with Gasteiger partial charge in [0, 0.05) is 31.0 Å². The van der Waals surface area contributed by atoms with E-state index in [0.717, 1.165) is 10.9 Å². The third-order valence-electron chi connectivity index (χ3n) is 5.38. The SMILES string of the molecule is C=CCn1c(SCc2cc(C)cc(C)c2)nnc1-c1cccc(S(=O)(=O)N2CCOCC2)c1. The van der Waals surface area contributed by atoms with E-state index in [1.165, 1.54) is 21.0 Å². The van der Waals surface area contributed by atoms with Gasteiger partial charge in [-0.3, -0.25) is 4.57 Å². The summed E-state index contributed by atoms with van der Waals surface area (Å²) in [6, 6.07) is 13.4. The average Bonchev–Trinajstić information content (AvgIpc) is 3.20. The molecule has 4 rings (SSSR count). The summed E-state index contributed by atoms with van der Waals surface area (Å²) in [4.78, 5) is 0.250. The molecular weight excluding hydrogens is 456 g/mol. The fourth-order valence-corrected chi connectivity index (χ4v) is 6.27. The molecule has 1 aliphatic heterocycles. The Morgan fingerprint density at radius 1 is 1.09 bits per heavy atom. The largest absolute Gasteiger partial charge is 0.379 e. The average molecular weight is 485 g/mol. The smallest absolute Gasteiger partial charge is 0.243 e. The topological polar surface area (TPSA) is 77.3 Å². The first-order valence-corrected chi connectivity index (χ1v) is 13.2. The lowest BCUT2D eigenvalue weighted by molar-refractivity contribution is 0.0730. The van der Waals surface area contributed by atoms with Gasteiger partial charge in [-0.2, -0.15) is 4.31 Å². The number of nitrogens with zero attached hydrogens (tertiary/aromatic N) is 4. The zero-order valence-electron chi connectivity index (χ0n) is 18.9. The highest BCUT2D eigenvalue weighted by molar-refractivity contribution is 7.98. The van der Waals surface area contributed by atoms with Gasteiger partial charge in [0.1, 0.15) is 0 Å². The quantitative estimate of drug-likeness (QED) is 0.354. The van der Waals surface area contributed by atoms with Crippen LogP contribution in [-0.2, 0) is 27.1 Å². The molecule has 7 nitrogen and oxygen atoms in total. The zero-order valence-corrected chi connectivity index (χ0v) is 20.5. The van der Waals surface area contributed by atoms with Crippen molar-refractivity contribution in [1.82, 2.24) is 19.1 Å². The number of ether oxygens (including phenoxy) is 1. The summed E-state index contributed by atoms with van der Waals surface area (Å²) in [5.41, 5.74) is 4.40. The van der Waals surface area contributed by atoms with Crippen molar-refractivity contribution in [2.24, 2.45) is 0 Å². The van der Waals surface area contributed by atoms with Crippen LogP contribution in [0.1, 0.15) is 16.7 Å². The molecule has 1 aromatic heterocycles. The maximum absolute atomic E-state index is 13.1. The van der Waals surface area contributed by atoms with Crippen molar-refractivity contribution >= 4 is 21.8 Å². The second kappa shape index (κ2) is 10.2. The minimum atomic E-state index is -3.59. The van der Waals surface area contributed by atoms with Crippen LogP contribution in [0.2, 0.25) is 0 Å². The third-order valence-corrected chi connectivity index (χ3v) is 8.31. The van der Waals surface area contributed by atoms with Crippen LogP contribution >= 0.6 is 11.8 Å². The summed E-state index contributed by atoms with van der Waals surface area (Å²) in [6.07, 6.45) is 1.79. The Bertz CT molecular complexity index is 1230. The molecule has 174 valence electrons. The summed E-state index contributed by atoms with van der Waals surface area (Å²) in [5.74, 6) is 1.39. The van der Waals surface area contributed by atoms with Crippen LogP contribution in [0, 0.1) is 13.8 Å². The second-order valence-corrected chi connectivity index (χ2v) is 10.9. The number of hydrogen-bond acceptors (Lipinski definition) is 6. The molecule has 0 bridgehead atoms. The summed E-state index contributed by atoms with van der Waals surface area (Å²) >= 11 is 1.61. The number of thioether (sulfide) groups is 1. The fraction of sp³-hybridized carbons (Fsp3) is 0.333. The van der Waals surface area contributed by atoms with Gasteiger partial charge >= 0.3 is 0 Å². The number of allylic oxidation sites excluding steroid dienone is 1. The molecule has 1 saturated heterocycles. The van der Waals surface area contributed by atoms with Crippen LogP contribution < -0.4 is 0 Å². The number of rotatable bonds is 8. The maximum atomic E-state index is 13.1. The molecule has 0 amide bonds. The minimum absolute atomic E-state index is 0.250. The van der Waals surface area contributed by atoms with Gasteiger partial charge in [-0.05, 0) is 31.5 Å². The molecule has 0 N–H and O–H groups in total. The molecular formula is C24H28N4O3S2. The molecule has 0 spiro atoms. The van der Waals surface area contributed by atoms with Gasteiger partial charge < -0.3 is 4.74 Å². The van der Waals surface area contributed by atoms with E-state index < -0.39 is 10.0 Å². The minimum Gasteiger partial charge on any atom is -0.379 e. The highest BCUT2D eigenvalue weighted by Gasteiger charge is 2.27. The Morgan fingerprint density at radius 3 is 2.52 bits per heavy atom. The Hall–Kier alpha value is -2.46. The van der Waals surface area contributed by atoms with E-state index in [0.29, 0.717) is 44.2 Å². The molecule has 9 heteroatoms. The molecule has 3 aromatic rings. The van der Waals surface area contributed by atoms with E-state index in [1.54, 1.807) is 36.0 Å². The Labute approximate surface area is 199 Å². The first kappa shape index (κ1) is 23.7. The van der Waals surface area contributed by atoms with Crippen LogP contribution in [0.15, 0.2) is 65.2 Å². The van der Waals surface area contributed by atoms with Crippen molar-refractivity contribution in [1.29, 1.82) is 0 Å². The maximum Gasteiger partial charge on any atom is 0.243 e. The highest BCUT2D eigenvalue weighted by Crippen LogP contribution is 2.29. The van der Waals surface area contributed by atoms with E-state index in [2.05, 4.69) is 48.8 Å². The summed E-state index contributed by atoms with van der Waals surface area (Å²) < 4.78 is 35.0. The first-order chi connectivity index (χ1) is 15.9. The number of aromatic nitrogens is 3. The van der Waals surface area contributed by atoms with Crippen molar-refractivity contribution in [2.75, 3.05) is 26.3 Å². The van der Waals surface area contributed by atoms with E-state index >= 15 is 0 Å². The fourth-order valence-electron chi connectivity index (χ4n) is 3.93. The van der Waals surface area contributed by atoms with Crippen molar-refractivity contribution < 1.29 is 13.2 Å². The number of aryl methyl sites for hydroxylation is 2. The van der Waals surface area contributed by atoms with Crippen LogP contribution in [0.4, 0.5) is 0 Å². The lowest BCUT2D eigenvalue weighted by Gasteiger charge is -2.26. The third kappa shape index (κ3) is 5.38. The second-order valence-electron chi connectivity index (χ2n) is 8.03. The molecule has 0 radical (unpaired) electrons. The van der Waals surface area contributed by atoms with Crippen LogP contribution in [0.5, 0.6) is 0 Å². The van der Waals surface area contributed by atoms with Crippen molar-refractivity contribution in [3.8, 4) is 11.4 Å². The van der Waals surface area contributed by atoms with Gasteiger partial charge in [0.25, 0.3) is 0 Å². The normalized spacial score (nSPS) is 15.0. The Morgan fingerprint density at radius 2 is 1.82 bits per heavy atom. The van der Waals surface area contributed by atoms with Crippen LogP contribution in [0.25, 0.3) is 11.4 Å². The van der Waals surface area contributed by atoms with E-state index in [1.807, 2.05) is 10.6 Å². The monoisotopic (exact) mass is 484 g/mol. The van der Waals surface area contributed by atoms with Crippen molar-refractivity contribution in [3.63, 3.8) is 0 Å². The number of benzene rings is 2. The van der Waals surface area contributed by atoms with Gasteiger partial charge in [-0.1, -0.05) is 59.3 Å². The molecule has 0 saturated carbocycles. The van der Waals surface area contributed by atoms with Gasteiger partial charge in [-0.15, -0.1) is 16.8 Å². The summed E-state index contributed by atoms with van der Waals surface area (Å²) in [6.45, 7) is 10.1. The van der Waals surface area contributed by atoms with Gasteiger partial charge in [0.2, 0.25) is 10.0 Å². The lowest BCUT2D eigenvalue weighted by atomic mass is 10.1. The molecule has 1 aliphatic rings. The molecule has 0 aliphatic carbocycles. The predicted molar refractivity (Wildman–Crippen MR) is 131 cm³/mol. The molecule has 2 aromatic carbocycles. The summed E-state index contributed by atoms with van der Waals surface area (Å²) in [5, 5.41) is 9.58. The van der Waals surface area contributed by atoms with E-state index in [-0.39, 0.29) is 4.90 Å². The standard InChI is InChI=1S/C24H28N4O3S2/c1-4-8-28-23(25-26-24(28)32-17-20-14-18(2)13-19(3)15-20)21-6-5-7-22(16-21)33(29,30)27-9-11-31-12-10-27/h4-7,13-16H,1,8-12,17H2,2-3H3. The molecule has 2 heterocycles. The van der Waals surface area contributed by atoms with Crippen molar-refractivity contribution in [2.45, 2.75) is 36.2 Å². The predicted octanol–water partition coefficient (Wildman–Crippen LogP) is 4.06. The van der Waals surface area contributed by atoms with Gasteiger partial charge in [-0.25, -0.2) is 8.42 Å². The summed E-state index contributed by atoms with van der Waals surface area (Å²) in [7, 11) is -3.59. The van der Waals surface area contributed by atoms with Crippen LogP contribution in [-0.4, -0.2) is 53.8 Å². The van der Waals surface area contributed by atoms with E-state index in [9.17, 15) is 8.42 Å². The molecule has 0 unspecified atom stereocenters. The molecule has 33 heavy (non-hydrogen) atoms. The van der Waals surface area contributed by atoms with Gasteiger partial charge in [0.05, 0.1) is 18.1 Å². The Kier molecular flexibility index (Phi) is 7.33.